The zero-order valence-corrected chi connectivity index (χ0v) is 11.7. The Balaban J connectivity index is 2.49. The molecular weight excluding hydrogens is 242 g/mol. The molecule has 0 bridgehead atoms. The monoisotopic (exact) mass is 261 g/mol. The van der Waals surface area contributed by atoms with Gasteiger partial charge in [0.25, 0.3) is 0 Å². The number of hydrogen-bond donors (Lipinski definition) is 1. The molecule has 2 rings (SSSR count). The minimum atomic E-state index is -0.145. The van der Waals surface area contributed by atoms with Gasteiger partial charge in [-0.05, 0) is 48.9 Å². The molecule has 0 unspecified atom stereocenters. The van der Waals surface area contributed by atoms with E-state index in [0.717, 1.165) is 12.0 Å². The summed E-state index contributed by atoms with van der Waals surface area (Å²) in [4.78, 5) is 0. The molecule has 1 aromatic carbocycles. The van der Waals surface area contributed by atoms with Gasteiger partial charge in [0.15, 0.2) is 5.82 Å². The van der Waals surface area contributed by atoms with E-state index in [1.54, 1.807) is 7.11 Å². The van der Waals surface area contributed by atoms with E-state index in [2.05, 4.69) is 36.3 Å². The van der Waals surface area contributed by atoms with Crippen molar-refractivity contribution in [2.45, 2.75) is 32.7 Å². The van der Waals surface area contributed by atoms with Crippen LogP contribution in [0, 0.1) is 0 Å². The summed E-state index contributed by atoms with van der Waals surface area (Å²) >= 11 is 0. The zero-order chi connectivity index (χ0) is 14.0. The highest BCUT2D eigenvalue weighted by molar-refractivity contribution is 5.66. The van der Waals surface area contributed by atoms with Crippen molar-refractivity contribution in [3.63, 3.8) is 0 Å². The maximum absolute atomic E-state index is 5.93. The third-order valence-electron chi connectivity index (χ3n) is 3.40. The maximum atomic E-state index is 5.93. The molecular formula is C13H19N5O. The van der Waals surface area contributed by atoms with E-state index in [1.165, 1.54) is 0 Å². The number of methoxy groups -OCH3 is 1. The van der Waals surface area contributed by atoms with Crippen molar-refractivity contribution in [2.75, 3.05) is 12.8 Å². The molecule has 1 aromatic heterocycles. The van der Waals surface area contributed by atoms with Gasteiger partial charge in [-0.1, -0.05) is 6.92 Å². The van der Waals surface area contributed by atoms with E-state index in [4.69, 9.17) is 10.5 Å². The highest BCUT2D eigenvalue weighted by Gasteiger charge is 2.24. The fraction of sp³-hybridized carbons (Fsp3) is 0.462. The van der Waals surface area contributed by atoms with E-state index < -0.39 is 0 Å². The molecule has 102 valence electrons. The van der Waals surface area contributed by atoms with Gasteiger partial charge in [-0.2, -0.15) is 0 Å². The van der Waals surface area contributed by atoms with Crippen molar-refractivity contribution >= 4 is 5.69 Å². The van der Waals surface area contributed by atoms with Gasteiger partial charge in [0.05, 0.1) is 18.3 Å². The first kappa shape index (κ1) is 13.3. The van der Waals surface area contributed by atoms with E-state index in [9.17, 15) is 0 Å². The lowest BCUT2D eigenvalue weighted by atomic mass is 10.0. The number of hydrogen-bond acceptors (Lipinski definition) is 5. The molecule has 19 heavy (non-hydrogen) atoms. The van der Waals surface area contributed by atoms with Gasteiger partial charge in [-0.3, -0.25) is 0 Å². The molecule has 0 fully saturated rings. The lowest BCUT2D eigenvalue weighted by Gasteiger charge is -2.23. The third-order valence-corrected chi connectivity index (χ3v) is 3.40. The van der Waals surface area contributed by atoms with Crippen LogP contribution in [0.1, 0.15) is 27.2 Å². The normalized spacial score (nSPS) is 11.6. The minimum absolute atomic E-state index is 0.145. The Morgan fingerprint density at radius 1 is 1.37 bits per heavy atom. The quantitative estimate of drug-likeness (QED) is 0.852. The molecule has 0 saturated carbocycles. The van der Waals surface area contributed by atoms with Gasteiger partial charge in [0, 0.05) is 5.56 Å². The number of nitrogens with zero attached hydrogens (tertiary/aromatic N) is 4. The SMILES string of the molecule is CCC(C)(C)n1nnnc1-c1ccc(OC)c(N)c1. The predicted molar refractivity (Wildman–Crippen MR) is 73.8 cm³/mol. The highest BCUT2D eigenvalue weighted by atomic mass is 16.5. The average molecular weight is 261 g/mol. The van der Waals surface area contributed by atoms with Gasteiger partial charge < -0.3 is 10.5 Å². The Bertz CT molecular complexity index is 576. The second kappa shape index (κ2) is 4.87. The molecule has 0 aliphatic rings. The zero-order valence-electron chi connectivity index (χ0n) is 11.7. The van der Waals surface area contributed by atoms with E-state index in [1.807, 2.05) is 22.9 Å². The molecule has 6 heteroatoms. The van der Waals surface area contributed by atoms with Crippen molar-refractivity contribution in [1.82, 2.24) is 20.2 Å². The number of rotatable bonds is 4. The summed E-state index contributed by atoms with van der Waals surface area (Å²) in [6.07, 6.45) is 0.927. The van der Waals surface area contributed by atoms with Crippen molar-refractivity contribution in [3.8, 4) is 17.1 Å². The van der Waals surface area contributed by atoms with Crippen LogP contribution in [0.2, 0.25) is 0 Å². The molecule has 2 aromatic rings. The second-order valence-electron chi connectivity index (χ2n) is 5.04. The smallest absolute Gasteiger partial charge is 0.182 e. The predicted octanol–water partition coefficient (Wildman–Crippen LogP) is 2.08. The summed E-state index contributed by atoms with van der Waals surface area (Å²) in [5.41, 5.74) is 7.23. The molecule has 6 nitrogen and oxygen atoms in total. The molecule has 1 heterocycles. The summed E-state index contributed by atoms with van der Waals surface area (Å²) in [7, 11) is 1.59. The van der Waals surface area contributed by atoms with Crippen LogP contribution >= 0.6 is 0 Å². The number of aromatic nitrogens is 4. The third kappa shape index (κ3) is 2.38. The van der Waals surface area contributed by atoms with Crippen LogP contribution in [-0.4, -0.2) is 27.3 Å². The Labute approximate surface area is 112 Å². The molecule has 0 atom stereocenters. The molecule has 0 saturated heterocycles. The molecule has 0 radical (unpaired) electrons. The Hall–Kier alpha value is -2.11. The minimum Gasteiger partial charge on any atom is -0.495 e. The lowest BCUT2D eigenvalue weighted by molar-refractivity contribution is 0.305. The van der Waals surface area contributed by atoms with E-state index in [0.29, 0.717) is 17.3 Å². The number of tetrazole rings is 1. The van der Waals surface area contributed by atoms with Crippen LogP contribution in [0.3, 0.4) is 0 Å². The fourth-order valence-corrected chi connectivity index (χ4v) is 1.80. The highest BCUT2D eigenvalue weighted by Crippen LogP contribution is 2.29. The average Bonchev–Trinajstić information content (AvgIpc) is 2.88. The van der Waals surface area contributed by atoms with Gasteiger partial charge in [-0.15, -0.1) is 5.10 Å². The molecule has 0 aliphatic heterocycles. The second-order valence-corrected chi connectivity index (χ2v) is 5.04. The Kier molecular flexibility index (Phi) is 3.42. The molecule has 0 aliphatic carbocycles. The molecule has 2 N–H and O–H groups in total. The first-order valence-electron chi connectivity index (χ1n) is 6.22. The number of ether oxygens (including phenoxy) is 1. The first-order chi connectivity index (χ1) is 8.99. The first-order valence-corrected chi connectivity index (χ1v) is 6.22. The fourth-order valence-electron chi connectivity index (χ4n) is 1.80. The van der Waals surface area contributed by atoms with Crippen LogP contribution in [-0.2, 0) is 5.54 Å². The van der Waals surface area contributed by atoms with Crippen LogP contribution in [0.15, 0.2) is 18.2 Å². The van der Waals surface area contributed by atoms with Crippen molar-refractivity contribution in [1.29, 1.82) is 0 Å². The topological polar surface area (TPSA) is 78.8 Å². The van der Waals surface area contributed by atoms with Crippen molar-refractivity contribution in [2.24, 2.45) is 0 Å². The van der Waals surface area contributed by atoms with Crippen LogP contribution < -0.4 is 10.5 Å². The molecule has 0 spiro atoms. The lowest BCUT2D eigenvalue weighted by Crippen LogP contribution is -2.27. The Morgan fingerprint density at radius 3 is 2.68 bits per heavy atom. The summed E-state index contributed by atoms with van der Waals surface area (Å²) in [6, 6.07) is 5.55. The maximum Gasteiger partial charge on any atom is 0.182 e. The largest absolute Gasteiger partial charge is 0.495 e. The number of nitrogen functional groups attached to an aromatic ring is 1. The number of nitrogens with two attached hydrogens (primary N) is 1. The van der Waals surface area contributed by atoms with Gasteiger partial charge >= 0.3 is 0 Å². The van der Waals surface area contributed by atoms with Crippen LogP contribution in [0.4, 0.5) is 5.69 Å². The van der Waals surface area contributed by atoms with Gasteiger partial charge in [0.2, 0.25) is 0 Å². The molecule has 0 amide bonds. The number of benzene rings is 1. The summed E-state index contributed by atoms with van der Waals surface area (Å²) in [5, 5.41) is 12.0. The number of anilines is 1. The standard InChI is InChI=1S/C13H19N5O/c1-5-13(2,3)18-12(15-16-17-18)9-6-7-11(19-4)10(14)8-9/h6-8H,5,14H2,1-4H3. The summed E-state index contributed by atoms with van der Waals surface area (Å²) < 4.78 is 6.98. The van der Waals surface area contributed by atoms with Crippen molar-refractivity contribution < 1.29 is 4.74 Å². The van der Waals surface area contributed by atoms with Crippen LogP contribution in [0.25, 0.3) is 11.4 Å². The Morgan fingerprint density at radius 2 is 2.11 bits per heavy atom. The van der Waals surface area contributed by atoms with Gasteiger partial charge in [0.1, 0.15) is 5.75 Å². The van der Waals surface area contributed by atoms with Crippen LogP contribution in [0.5, 0.6) is 5.75 Å². The van der Waals surface area contributed by atoms with E-state index in [-0.39, 0.29) is 5.54 Å². The summed E-state index contributed by atoms with van der Waals surface area (Å²) in [6.45, 7) is 6.30. The van der Waals surface area contributed by atoms with Crippen molar-refractivity contribution in [3.05, 3.63) is 18.2 Å². The van der Waals surface area contributed by atoms with Gasteiger partial charge in [-0.25, -0.2) is 4.68 Å². The van der Waals surface area contributed by atoms with E-state index >= 15 is 0 Å². The summed E-state index contributed by atoms with van der Waals surface area (Å²) in [5.74, 6) is 1.36.